The van der Waals surface area contributed by atoms with Gasteiger partial charge in [0.1, 0.15) is 4.21 Å². The summed E-state index contributed by atoms with van der Waals surface area (Å²) in [6.45, 7) is 4.47. The molecule has 1 aromatic heterocycles. The summed E-state index contributed by atoms with van der Waals surface area (Å²) in [4.78, 5) is 12.9. The van der Waals surface area contributed by atoms with E-state index < -0.39 is 9.84 Å². The number of carbonyl (C=O) groups excluding carboxylic acids is 1. The summed E-state index contributed by atoms with van der Waals surface area (Å²) in [6.07, 6.45) is 0.781. The Kier molecular flexibility index (Phi) is 8.08. The fourth-order valence-electron chi connectivity index (χ4n) is 2.34. The zero-order valence-corrected chi connectivity index (χ0v) is 16.6. The molecule has 1 amide bonds. The van der Waals surface area contributed by atoms with Crippen molar-refractivity contribution >= 4 is 39.5 Å². The number of carbonyl (C=O) groups is 1. The molecule has 2 aromatic rings. The van der Waals surface area contributed by atoms with Gasteiger partial charge in [0.05, 0.1) is 9.77 Å². The Hall–Kier alpha value is -1.41. The van der Waals surface area contributed by atoms with Crippen molar-refractivity contribution in [2.75, 3.05) is 6.54 Å². The highest BCUT2D eigenvalue weighted by Crippen LogP contribution is 2.27. The summed E-state index contributed by atoms with van der Waals surface area (Å²) >= 11 is 0.973. The molecule has 0 spiro atoms. The van der Waals surface area contributed by atoms with Crippen molar-refractivity contribution in [3.8, 4) is 0 Å². The minimum Gasteiger partial charge on any atom is -0.347 e. The van der Waals surface area contributed by atoms with E-state index in [1.807, 2.05) is 0 Å². The first kappa shape index (κ1) is 21.6. The van der Waals surface area contributed by atoms with E-state index in [0.29, 0.717) is 17.3 Å². The zero-order valence-electron chi connectivity index (χ0n) is 14.1. The number of amides is 1. The second kappa shape index (κ2) is 9.33. The summed E-state index contributed by atoms with van der Waals surface area (Å²) in [5.74, 6) is 0.127. The van der Waals surface area contributed by atoms with Crippen molar-refractivity contribution in [2.24, 2.45) is 11.7 Å². The van der Waals surface area contributed by atoms with Gasteiger partial charge in [-0.25, -0.2) is 8.42 Å². The van der Waals surface area contributed by atoms with Crippen molar-refractivity contribution in [1.82, 2.24) is 5.32 Å². The molecule has 1 unspecified atom stereocenters. The lowest BCUT2D eigenvalue weighted by molar-refractivity contribution is 0.0938. The minimum absolute atomic E-state index is 0. The first-order chi connectivity index (χ1) is 11.3. The molecule has 0 radical (unpaired) electrons. The maximum atomic E-state index is 12.6. The van der Waals surface area contributed by atoms with Crippen LogP contribution in [-0.2, 0) is 9.84 Å². The Morgan fingerprint density at radius 1 is 1.16 bits per heavy atom. The molecule has 3 N–H and O–H groups in total. The van der Waals surface area contributed by atoms with Crippen molar-refractivity contribution in [3.05, 3.63) is 47.3 Å². The number of sulfone groups is 1. The quantitative estimate of drug-likeness (QED) is 0.744. The Balaban J connectivity index is 0.00000312. The van der Waals surface area contributed by atoms with Gasteiger partial charge in [-0.1, -0.05) is 32.0 Å². The monoisotopic (exact) mass is 402 g/mol. The second-order valence-corrected chi connectivity index (χ2v) is 9.23. The molecule has 0 saturated heterocycles. The predicted molar refractivity (Wildman–Crippen MR) is 103 cm³/mol. The van der Waals surface area contributed by atoms with Crippen LogP contribution < -0.4 is 11.1 Å². The van der Waals surface area contributed by atoms with Crippen LogP contribution in [0, 0.1) is 5.92 Å². The number of hydrogen-bond donors (Lipinski definition) is 2. The van der Waals surface area contributed by atoms with Gasteiger partial charge in [-0.2, -0.15) is 0 Å². The fourth-order valence-corrected chi connectivity index (χ4v) is 4.97. The van der Waals surface area contributed by atoms with E-state index in [-0.39, 0.29) is 33.5 Å². The summed E-state index contributed by atoms with van der Waals surface area (Å²) < 4.78 is 25.3. The molecule has 1 heterocycles. The molecule has 138 valence electrons. The van der Waals surface area contributed by atoms with Crippen LogP contribution >= 0.6 is 23.7 Å². The Morgan fingerprint density at radius 2 is 1.80 bits per heavy atom. The highest BCUT2D eigenvalue weighted by Gasteiger charge is 2.22. The molecule has 0 aliphatic carbocycles. The van der Waals surface area contributed by atoms with E-state index in [9.17, 15) is 13.2 Å². The lowest BCUT2D eigenvalue weighted by atomic mass is 10.0. The first-order valence-corrected chi connectivity index (χ1v) is 10.1. The standard InChI is InChI=1S/C17H22N2O3S2.ClH/c1-12(2)10-13(11-18)19-17(20)15-8-9-16(23-15)24(21,22)14-6-4-3-5-7-14;/h3-9,12-13H,10-11,18H2,1-2H3,(H,19,20);1H. The van der Waals surface area contributed by atoms with Gasteiger partial charge < -0.3 is 11.1 Å². The molecule has 2 rings (SSSR count). The molecule has 0 saturated carbocycles. The van der Waals surface area contributed by atoms with Crippen LogP contribution in [0.3, 0.4) is 0 Å². The van der Waals surface area contributed by atoms with Gasteiger partial charge in [-0.15, -0.1) is 23.7 Å². The first-order valence-electron chi connectivity index (χ1n) is 7.75. The van der Waals surface area contributed by atoms with E-state index in [1.165, 1.54) is 6.07 Å². The van der Waals surface area contributed by atoms with Gasteiger partial charge in [-0.05, 0) is 36.6 Å². The molecule has 5 nitrogen and oxygen atoms in total. The van der Waals surface area contributed by atoms with Gasteiger partial charge in [-0.3, -0.25) is 4.79 Å². The smallest absolute Gasteiger partial charge is 0.261 e. The van der Waals surface area contributed by atoms with E-state index in [2.05, 4.69) is 19.2 Å². The number of halogens is 1. The lowest BCUT2D eigenvalue weighted by Crippen LogP contribution is -2.40. The Labute approximate surface area is 159 Å². The average Bonchev–Trinajstić information content (AvgIpc) is 3.05. The third-order valence-corrected chi connectivity index (χ3v) is 6.84. The van der Waals surface area contributed by atoms with E-state index in [0.717, 1.165) is 17.8 Å². The molecule has 1 aromatic carbocycles. The van der Waals surface area contributed by atoms with Crippen molar-refractivity contribution < 1.29 is 13.2 Å². The third kappa shape index (κ3) is 5.54. The van der Waals surface area contributed by atoms with E-state index in [4.69, 9.17) is 5.73 Å². The van der Waals surface area contributed by atoms with Crippen LogP contribution in [-0.4, -0.2) is 26.9 Å². The largest absolute Gasteiger partial charge is 0.347 e. The van der Waals surface area contributed by atoms with Crippen LogP contribution in [0.1, 0.15) is 29.9 Å². The maximum Gasteiger partial charge on any atom is 0.261 e. The molecule has 1 atom stereocenters. The molecule has 8 heteroatoms. The molecular weight excluding hydrogens is 380 g/mol. The number of benzene rings is 1. The van der Waals surface area contributed by atoms with Crippen LogP contribution in [0.4, 0.5) is 0 Å². The van der Waals surface area contributed by atoms with E-state index in [1.54, 1.807) is 36.4 Å². The summed E-state index contributed by atoms with van der Waals surface area (Å²) in [5.41, 5.74) is 5.69. The number of thiophene rings is 1. The Morgan fingerprint density at radius 3 is 2.36 bits per heavy atom. The molecule has 0 bridgehead atoms. The van der Waals surface area contributed by atoms with Gasteiger partial charge >= 0.3 is 0 Å². The van der Waals surface area contributed by atoms with Gasteiger partial charge in [0.2, 0.25) is 9.84 Å². The maximum absolute atomic E-state index is 12.6. The fraction of sp³-hybridized carbons (Fsp3) is 0.353. The minimum atomic E-state index is -3.59. The summed E-state index contributed by atoms with van der Waals surface area (Å²) in [6, 6.07) is 11.1. The summed E-state index contributed by atoms with van der Waals surface area (Å²) in [7, 11) is -3.59. The van der Waals surface area contributed by atoms with Gasteiger partial charge in [0.25, 0.3) is 5.91 Å². The lowest BCUT2D eigenvalue weighted by Gasteiger charge is -2.18. The van der Waals surface area contributed by atoms with Crippen molar-refractivity contribution in [3.63, 3.8) is 0 Å². The number of hydrogen-bond acceptors (Lipinski definition) is 5. The second-order valence-electron chi connectivity index (χ2n) is 5.97. The van der Waals surface area contributed by atoms with Crippen molar-refractivity contribution in [2.45, 2.75) is 35.4 Å². The molecule has 0 aliphatic rings. The molecule has 0 fully saturated rings. The van der Waals surface area contributed by atoms with Crippen LogP contribution in [0.2, 0.25) is 0 Å². The highest BCUT2D eigenvalue weighted by atomic mass is 35.5. The molecule has 0 aliphatic heterocycles. The number of nitrogens with two attached hydrogens (primary N) is 1. The van der Waals surface area contributed by atoms with Gasteiger partial charge in [0.15, 0.2) is 0 Å². The highest BCUT2D eigenvalue weighted by molar-refractivity contribution is 7.93. The average molecular weight is 403 g/mol. The molecular formula is C17H23ClN2O3S2. The zero-order chi connectivity index (χ0) is 17.7. The number of rotatable bonds is 7. The van der Waals surface area contributed by atoms with Crippen LogP contribution in [0.25, 0.3) is 0 Å². The SMILES string of the molecule is CC(C)CC(CN)NC(=O)c1ccc(S(=O)(=O)c2ccccc2)s1.Cl. The summed E-state index contributed by atoms with van der Waals surface area (Å²) in [5, 5.41) is 2.87. The van der Waals surface area contributed by atoms with Crippen LogP contribution in [0.15, 0.2) is 51.6 Å². The van der Waals surface area contributed by atoms with E-state index >= 15 is 0 Å². The van der Waals surface area contributed by atoms with Crippen molar-refractivity contribution in [1.29, 1.82) is 0 Å². The van der Waals surface area contributed by atoms with Crippen LogP contribution in [0.5, 0.6) is 0 Å². The van der Waals surface area contributed by atoms with Gasteiger partial charge in [0, 0.05) is 12.6 Å². The predicted octanol–water partition coefficient (Wildman–Crippen LogP) is 3.11. The normalized spacial score (nSPS) is 12.5. The third-order valence-electron chi connectivity index (χ3n) is 3.50. The Bertz CT molecular complexity index is 789. The topological polar surface area (TPSA) is 89.3 Å². The number of nitrogens with one attached hydrogen (secondary N) is 1. The molecule has 25 heavy (non-hydrogen) atoms.